The molecule has 2 aromatic carbocycles. The lowest BCUT2D eigenvalue weighted by molar-refractivity contribution is -0.123. The second kappa shape index (κ2) is 14.8. The monoisotopic (exact) mass is 914 g/mol. The fraction of sp³-hybridized carbons (Fsp3) is 0.482. The maximum atomic E-state index is 14.0. The van der Waals surface area contributed by atoms with Gasteiger partial charge in [-0.05, 0) is 136 Å². The number of fused-ring (bicyclic) bond motifs is 13. The van der Waals surface area contributed by atoms with Gasteiger partial charge in [0.15, 0.2) is 34.9 Å². The molecule has 0 bridgehead atoms. The van der Waals surface area contributed by atoms with Gasteiger partial charge in [0.25, 0.3) is 0 Å². The molecule has 4 heterocycles. The summed E-state index contributed by atoms with van der Waals surface area (Å²) in [6.07, 6.45) is 25.1. The van der Waals surface area contributed by atoms with E-state index in [-0.39, 0.29) is 58.4 Å². The molecule has 5 saturated carbocycles. The molecule has 7 unspecified atom stereocenters. The minimum Gasteiger partial charge on any atom is -0.487 e. The number of nitrogens with zero attached hydrogens (tertiary/aromatic N) is 1. The Morgan fingerprint density at radius 3 is 1.92 bits per heavy atom. The highest BCUT2D eigenvalue weighted by Crippen LogP contribution is 2.61. The average molecular weight is 915 g/mol. The molecule has 8 nitrogen and oxygen atoms in total. The Balaban J connectivity index is 0.800. The fourth-order valence-electron chi connectivity index (χ4n) is 14.6. The van der Waals surface area contributed by atoms with Gasteiger partial charge in [-0.1, -0.05) is 68.9 Å². The van der Waals surface area contributed by atoms with Gasteiger partial charge in [-0.15, -0.1) is 22.7 Å². The topological polar surface area (TPSA) is 111 Å². The van der Waals surface area contributed by atoms with Gasteiger partial charge in [0, 0.05) is 55.3 Å². The third-order valence-electron chi connectivity index (χ3n) is 17.9. The summed E-state index contributed by atoms with van der Waals surface area (Å²) in [6.45, 7) is 0. The molecule has 2 aromatic heterocycles. The summed E-state index contributed by atoms with van der Waals surface area (Å²) >= 11 is 3.33. The van der Waals surface area contributed by atoms with Gasteiger partial charge in [0.2, 0.25) is 0 Å². The number of nitrogens with one attached hydrogen (secondary N) is 1. The largest absolute Gasteiger partial charge is 0.487 e. The van der Waals surface area contributed by atoms with Crippen LogP contribution in [0.3, 0.4) is 0 Å². The lowest BCUT2D eigenvalue weighted by Gasteiger charge is -2.48. The number of ether oxygens (including phenoxy) is 2. The highest BCUT2D eigenvalue weighted by Gasteiger charge is 2.54. The molecule has 10 aliphatic rings. The van der Waals surface area contributed by atoms with Gasteiger partial charge < -0.3 is 14.8 Å². The van der Waals surface area contributed by atoms with Gasteiger partial charge in [0.1, 0.15) is 27.7 Å². The Labute approximate surface area is 393 Å². The van der Waals surface area contributed by atoms with E-state index in [4.69, 9.17) is 14.5 Å². The summed E-state index contributed by atoms with van der Waals surface area (Å²) in [4.78, 5) is 63.3. The molecular formula is C56H54N2O6S2. The number of allylic oxidation sites excluding steroid dienone is 5. The lowest BCUT2D eigenvalue weighted by Crippen LogP contribution is -2.40. The molecule has 0 saturated heterocycles. The number of carbonyl (C=O) groups excluding carboxylic acids is 4. The van der Waals surface area contributed by atoms with Crippen LogP contribution in [0.5, 0.6) is 0 Å². The van der Waals surface area contributed by atoms with Crippen molar-refractivity contribution in [3.63, 3.8) is 0 Å². The number of thiophene rings is 2. The number of aliphatic imine (C=N–C) groups is 1. The van der Waals surface area contributed by atoms with Crippen molar-refractivity contribution in [2.75, 3.05) is 5.32 Å². The maximum absolute atomic E-state index is 14.0. The van der Waals surface area contributed by atoms with E-state index in [9.17, 15) is 19.2 Å². The second-order valence-corrected chi connectivity index (χ2v) is 23.6. The Morgan fingerprint density at radius 1 is 0.636 bits per heavy atom. The van der Waals surface area contributed by atoms with Gasteiger partial charge in [-0.25, -0.2) is 4.99 Å². The number of hydrogen-bond acceptors (Lipinski definition) is 10. The molecule has 0 radical (unpaired) electrons. The van der Waals surface area contributed by atoms with Crippen molar-refractivity contribution in [2.45, 2.75) is 132 Å². The van der Waals surface area contributed by atoms with Crippen LogP contribution in [-0.2, 0) is 30.3 Å². The highest BCUT2D eigenvalue weighted by atomic mass is 32.1. The van der Waals surface area contributed by atoms with Crippen LogP contribution in [0.1, 0.15) is 157 Å². The summed E-state index contributed by atoms with van der Waals surface area (Å²) in [6, 6.07) is 15.1. The van der Waals surface area contributed by atoms with Crippen LogP contribution in [0.4, 0.5) is 10.0 Å². The van der Waals surface area contributed by atoms with Crippen LogP contribution in [0.25, 0.3) is 16.3 Å². The van der Waals surface area contributed by atoms with Crippen molar-refractivity contribution in [3.05, 3.63) is 110 Å². The van der Waals surface area contributed by atoms with Gasteiger partial charge in [-0.3, -0.25) is 19.2 Å². The zero-order valence-electron chi connectivity index (χ0n) is 37.2. The second-order valence-electron chi connectivity index (χ2n) is 21.5. The van der Waals surface area contributed by atoms with Crippen LogP contribution >= 0.6 is 22.7 Å². The molecular weight excluding hydrogens is 861 g/mol. The molecule has 1 N–H and O–H groups in total. The number of anilines is 1. The predicted octanol–water partition coefficient (Wildman–Crippen LogP) is 12.8. The van der Waals surface area contributed by atoms with Crippen molar-refractivity contribution < 1.29 is 28.7 Å². The first kappa shape index (κ1) is 40.2. The molecule has 4 aromatic rings. The Hall–Kier alpha value is -4.93. The molecule has 336 valence electrons. The number of ketones is 4. The van der Waals surface area contributed by atoms with E-state index in [0.29, 0.717) is 23.0 Å². The Bertz CT molecular complexity index is 2860. The van der Waals surface area contributed by atoms with Gasteiger partial charge in [0.05, 0.1) is 10.9 Å². The fourth-order valence-corrected chi connectivity index (χ4v) is 17.1. The molecule has 66 heavy (non-hydrogen) atoms. The number of Topliss-reactive ketones (excluding diaryl/α,β-unsaturated/α-hetero) is 4. The minimum absolute atomic E-state index is 0.0207. The molecule has 5 fully saturated rings. The quantitative estimate of drug-likeness (QED) is 0.204. The van der Waals surface area contributed by atoms with Crippen molar-refractivity contribution in [1.82, 2.24) is 0 Å². The number of hydrogen-bond donors (Lipinski definition) is 1. The Morgan fingerprint density at radius 2 is 1.27 bits per heavy atom. The van der Waals surface area contributed by atoms with E-state index in [1.807, 2.05) is 36.4 Å². The molecule has 10 heteroatoms. The molecule has 2 aliphatic heterocycles. The first-order chi connectivity index (χ1) is 32.2. The first-order valence-corrected chi connectivity index (χ1v) is 26.7. The van der Waals surface area contributed by atoms with Crippen molar-refractivity contribution in [3.8, 4) is 0 Å². The maximum Gasteiger partial charge on any atom is 0.193 e. The normalized spacial score (nSPS) is 31.2. The summed E-state index contributed by atoms with van der Waals surface area (Å²) in [7, 11) is 0. The average Bonchev–Trinajstić information content (AvgIpc) is 4.09. The highest BCUT2D eigenvalue weighted by molar-refractivity contribution is 7.17. The SMILES string of the molecule is O=C1c2cc3ccccc3cc2C(=O)C1Nc1cc2c(s1)C1CC3C=C4OC5(CCCCC5)c5cc(N=C6C(=O)C7CC8CCCCC8CC7C6=O)sc5C4=CC3C=C1OC21CCCCC1. The molecule has 14 rings (SSSR count). The van der Waals surface area contributed by atoms with E-state index in [1.54, 1.807) is 22.7 Å². The van der Waals surface area contributed by atoms with Crippen molar-refractivity contribution in [1.29, 1.82) is 0 Å². The molecule has 0 amide bonds. The molecule has 7 atom stereocenters. The minimum atomic E-state index is -0.949. The van der Waals surface area contributed by atoms with Crippen LogP contribution < -0.4 is 5.32 Å². The summed E-state index contributed by atoms with van der Waals surface area (Å²) < 4.78 is 14.6. The van der Waals surface area contributed by atoms with Crippen LogP contribution in [0.15, 0.2) is 83.3 Å². The molecule has 8 aliphatic carbocycles. The van der Waals surface area contributed by atoms with Gasteiger partial charge in [-0.2, -0.15) is 0 Å². The lowest BCUT2D eigenvalue weighted by atomic mass is 9.64. The Kier molecular flexibility index (Phi) is 9.00. The summed E-state index contributed by atoms with van der Waals surface area (Å²) in [5, 5.41) is 6.98. The van der Waals surface area contributed by atoms with Gasteiger partial charge >= 0.3 is 0 Å². The zero-order chi connectivity index (χ0) is 44.1. The first-order valence-electron chi connectivity index (χ1n) is 25.1. The van der Waals surface area contributed by atoms with E-state index < -0.39 is 17.2 Å². The van der Waals surface area contributed by atoms with Crippen LogP contribution in [0.2, 0.25) is 0 Å². The van der Waals surface area contributed by atoms with E-state index in [1.165, 1.54) is 59.4 Å². The summed E-state index contributed by atoms with van der Waals surface area (Å²) in [5.41, 5.74) is 3.79. The van der Waals surface area contributed by atoms with Crippen LogP contribution in [-0.4, -0.2) is 34.9 Å². The summed E-state index contributed by atoms with van der Waals surface area (Å²) in [5.74, 6) is 2.72. The number of carbonyl (C=O) groups is 4. The van der Waals surface area contributed by atoms with E-state index in [0.717, 1.165) is 108 Å². The standard InChI is InChI=1S/C56H54N2O6S2/c59-49-35-19-29-11-3-4-12-30(29)20-36(35)50(60)47(49)57-45-27-41-53(65-45)39-23-34-26-44-40(24-33(34)25-43(39)63-55(41)15-7-1-8-16-55)54-42(56(64-44)17-9-2-10-18-56)28-46(66-54)58-48-51(61)37-21-31-13-5-6-14-32(31)22-38(37)52(48)62/h3-4,11-12,19-20,24-28,31-34,37-39,47,57H,1-2,5-10,13-18,21-23H2. The zero-order valence-corrected chi connectivity index (χ0v) is 38.8. The third-order valence-corrected chi connectivity index (χ3v) is 20.2. The number of benzene rings is 2. The van der Waals surface area contributed by atoms with Crippen molar-refractivity contribution >= 4 is 77.9 Å². The van der Waals surface area contributed by atoms with E-state index in [2.05, 4.69) is 35.7 Å². The predicted molar refractivity (Wildman–Crippen MR) is 258 cm³/mol. The van der Waals surface area contributed by atoms with Crippen molar-refractivity contribution in [2.24, 2.45) is 40.5 Å². The smallest absolute Gasteiger partial charge is 0.193 e. The third kappa shape index (κ3) is 5.94. The number of rotatable bonds is 3. The van der Waals surface area contributed by atoms with E-state index >= 15 is 0 Å². The molecule has 2 spiro atoms. The van der Waals surface area contributed by atoms with Crippen LogP contribution in [0, 0.1) is 35.5 Å².